The van der Waals surface area contributed by atoms with Crippen molar-refractivity contribution in [3.8, 4) is 0 Å². The molecule has 2 aliphatic rings. The van der Waals surface area contributed by atoms with Crippen LogP contribution in [0.4, 0.5) is 0 Å². The molecule has 2 saturated heterocycles. The third-order valence-electron chi connectivity index (χ3n) is 5.16. The van der Waals surface area contributed by atoms with Gasteiger partial charge in [-0.1, -0.05) is 43.7 Å². The minimum atomic E-state index is 0.0794. The van der Waals surface area contributed by atoms with E-state index in [4.69, 9.17) is 0 Å². The van der Waals surface area contributed by atoms with E-state index >= 15 is 0 Å². The molecule has 1 N–H and O–H groups in total. The number of rotatable bonds is 3. The van der Waals surface area contributed by atoms with Crippen molar-refractivity contribution in [1.29, 1.82) is 0 Å². The summed E-state index contributed by atoms with van der Waals surface area (Å²) in [5, 5.41) is 3.34. The molecular formula is C18H26N2O. The highest BCUT2D eigenvalue weighted by atomic mass is 16.2. The highest BCUT2D eigenvalue weighted by Crippen LogP contribution is 2.35. The summed E-state index contributed by atoms with van der Waals surface area (Å²) in [6, 6.07) is 10.9. The van der Waals surface area contributed by atoms with Gasteiger partial charge in [0.15, 0.2) is 0 Å². The standard InChI is InChI=1S/C18H26N2O/c1-2-14-13-20(18(21)17-9-6-11-19-17)12-10-16(14)15-7-4-3-5-8-15/h3-5,7-8,14,16-17,19H,2,6,9-13H2,1H3. The fourth-order valence-corrected chi connectivity index (χ4v) is 3.90. The SMILES string of the molecule is CCC1CN(C(=O)C2CCCN2)CCC1c1ccccc1. The van der Waals surface area contributed by atoms with Gasteiger partial charge in [0, 0.05) is 13.1 Å². The number of hydrogen-bond acceptors (Lipinski definition) is 2. The molecule has 3 heteroatoms. The maximum absolute atomic E-state index is 12.6. The van der Waals surface area contributed by atoms with Crippen LogP contribution in [0.3, 0.4) is 0 Å². The maximum atomic E-state index is 12.6. The molecule has 1 amide bonds. The smallest absolute Gasteiger partial charge is 0.239 e. The molecule has 2 aliphatic heterocycles. The Balaban J connectivity index is 1.67. The number of carbonyl (C=O) groups excluding carboxylic acids is 1. The van der Waals surface area contributed by atoms with Crippen LogP contribution in [0.5, 0.6) is 0 Å². The topological polar surface area (TPSA) is 32.3 Å². The van der Waals surface area contributed by atoms with Crippen LogP contribution >= 0.6 is 0 Å². The summed E-state index contributed by atoms with van der Waals surface area (Å²) in [5.41, 5.74) is 1.44. The van der Waals surface area contributed by atoms with E-state index < -0.39 is 0 Å². The Morgan fingerprint density at radius 2 is 2.10 bits per heavy atom. The van der Waals surface area contributed by atoms with Gasteiger partial charge in [-0.25, -0.2) is 0 Å². The summed E-state index contributed by atoms with van der Waals surface area (Å²) < 4.78 is 0. The molecule has 0 spiro atoms. The molecule has 1 aromatic carbocycles. The van der Waals surface area contributed by atoms with Crippen molar-refractivity contribution in [3.05, 3.63) is 35.9 Å². The van der Waals surface area contributed by atoms with E-state index in [1.807, 2.05) is 0 Å². The second-order valence-electron chi connectivity index (χ2n) is 6.41. The zero-order chi connectivity index (χ0) is 14.7. The Morgan fingerprint density at radius 3 is 2.76 bits per heavy atom. The van der Waals surface area contributed by atoms with Crippen LogP contribution in [0.1, 0.15) is 44.1 Å². The molecule has 3 unspecified atom stereocenters. The molecule has 0 saturated carbocycles. The summed E-state index contributed by atoms with van der Waals surface area (Å²) in [5.74, 6) is 1.53. The van der Waals surface area contributed by atoms with Crippen LogP contribution in [-0.2, 0) is 4.79 Å². The molecule has 21 heavy (non-hydrogen) atoms. The third kappa shape index (κ3) is 3.13. The molecule has 2 fully saturated rings. The summed E-state index contributed by atoms with van der Waals surface area (Å²) in [6.07, 6.45) is 4.38. The summed E-state index contributed by atoms with van der Waals surface area (Å²) in [4.78, 5) is 14.7. The van der Waals surface area contributed by atoms with Gasteiger partial charge in [-0.3, -0.25) is 4.79 Å². The fourth-order valence-electron chi connectivity index (χ4n) is 3.90. The number of hydrogen-bond donors (Lipinski definition) is 1. The lowest BCUT2D eigenvalue weighted by atomic mass is 9.79. The monoisotopic (exact) mass is 286 g/mol. The summed E-state index contributed by atoms with van der Waals surface area (Å²) >= 11 is 0. The molecule has 2 heterocycles. The Hall–Kier alpha value is -1.35. The van der Waals surface area contributed by atoms with E-state index in [1.54, 1.807) is 0 Å². The summed E-state index contributed by atoms with van der Waals surface area (Å²) in [7, 11) is 0. The van der Waals surface area contributed by atoms with Crippen molar-refractivity contribution in [2.45, 2.75) is 44.6 Å². The number of piperidine rings is 1. The lowest BCUT2D eigenvalue weighted by Gasteiger charge is -2.39. The van der Waals surface area contributed by atoms with Crippen molar-refractivity contribution in [1.82, 2.24) is 10.2 Å². The second kappa shape index (κ2) is 6.61. The normalized spacial score (nSPS) is 29.6. The van der Waals surface area contributed by atoms with Gasteiger partial charge >= 0.3 is 0 Å². The molecule has 3 nitrogen and oxygen atoms in total. The van der Waals surface area contributed by atoms with Gasteiger partial charge in [-0.15, -0.1) is 0 Å². The van der Waals surface area contributed by atoms with Crippen LogP contribution < -0.4 is 5.32 Å². The van der Waals surface area contributed by atoms with Crippen molar-refractivity contribution in [2.75, 3.05) is 19.6 Å². The van der Waals surface area contributed by atoms with Gasteiger partial charge in [0.1, 0.15) is 0 Å². The quantitative estimate of drug-likeness (QED) is 0.926. The molecule has 0 radical (unpaired) electrons. The lowest BCUT2D eigenvalue weighted by Crippen LogP contribution is -2.49. The number of benzene rings is 1. The van der Waals surface area contributed by atoms with Crippen LogP contribution in [0, 0.1) is 5.92 Å². The molecular weight excluding hydrogens is 260 g/mol. The predicted molar refractivity (Wildman–Crippen MR) is 85.2 cm³/mol. The van der Waals surface area contributed by atoms with Crippen LogP contribution in [0.25, 0.3) is 0 Å². The van der Waals surface area contributed by atoms with E-state index in [2.05, 4.69) is 47.5 Å². The molecule has 3 atom stereocenters. The Labute approximate surface area is 127 Å². The molecule has 0 aliphatic carbocycles. The molecule has 0 aromatic heterocycles. The molecule has 0 bridgehead atoms. The van der Waals surface area contributed by atoms with E-state index in [9.17, 15) is 4.79 Å². The first-order valence-corrected chi connectivity index (χ1v) is 8.36. The zero-order valence-electron chi connectivity index (χ0n) is 12.9. The first-order chi connectivity index (χ1) is 10.3. The van der Waals surface area contributed by atoms with Gasteiger partial charge in [0.25, 0.3) is 0 Å². The third-order valence-corrected chi connectivity index (χ3v) is 5.16. The largest absolute Gasteiger partial charge is 0.341 e. The maximum Gasteiger partial charge on any atom is 0.239 e. The number of carbonyl (C=O) groups is 1. The van der Waals surface area contributed by atoms with Crippen LogP contribution in [0.15, 0.2) is 30.3 Å². The number of amides is 1. The summed E-state index contributed by atoms with van der Waals surface area (Å²) in [6.45, 7) is 5.08. The minimum Gasteiger partial charge on any atom is -0.341 e. The Kier molecular flexibility index (Phi) is 4.59. The van der Waals surface area contributed by atoms with Gasteiger partial charge < -0.3 is 10.2 Å². The Morgan fingerprint density at radius 1 is 1.29 bits per heavy atom. The van der Waals surface area contributed by atoms with Gasteiger partial charge in [-0.2, -0.15) is 0 Å². The number of nitrogens with zero attached hydrogens (tertiary/aromatic N) is 1. The average Bonchev–Trinajstić information content (AvgIpc) is 3.09. The van der Waals surface area contributed by atoms with Gasteiger partial charge in [0.05, 0.1) is 6.04 Å². The molecule has 1 aromatic rings. The highest BCUT2D eigenvalue weighted by molar-refractivity contribution is 5.82. The lowest BCUT2D eigenvalue weighted by molar-refractivity contribution is -0.135. The first kappa shape index (κ1) is 14.6. The second-order valence-corrected chi connectivity index (χ2v) is 6.41. The fraction of sp³-hybridized carbons (Fsp3) is 0.611. The first-order valence-electron chi connectivity index (χ1n) is 8.36. The van der Waals surface area contributed by atoms with Gasteiger partial charge in [-0.05, 0) is 43.2 Å². The van der Waals surface area contributed by atoms with E-state index in [0.29, 0.717) is 17.7 Å². The van der Waals surface area contributed by atoms with Crippen LogP contribution in [0.2, 0.25) is 0 Å². The van der Waals surface area contributed by atoms with Crippen LogP contribution in [-0.4, -0.2) is 36.5 Å². The number of likely N-dealkylation sites (tertiary alicyclic amines) is 1. The van der Waals surface area contributed by atoms with Gasteiger partial charge in [0.2, 0.25) is 5.91 Å². The van der Waals surface area contributed by atoms with E-state index in [0.717, 1.165) is 45.3 Å². The number of nitrogens with one attached hydrogen (secondary N) is 1. The van der Waals surface area contributed by atoms with Crippen molar-refractivity contribution < 1.29 is 4.79 Å². The zero-order valence-corrected chi connectivity index (χ0v) is 12.9. The average molecular weight is 286 g/mol. The Bertz CT molecular complexity index is 467. The molecule has 3 rings (SSSR count). The molecule has 114 valence electrons. The van der Waals surface area contributed by atoms with E-state index in [1.165, 1.54) is 5.56 Å². The van der Waals surface area contributed by atoms with E-state index in [-0.39, 0.29) is 6.04 Å². The predicted octanol–water partition coefficient (Wildman–Crippen LogP) is 2.78. The highest BCUT2D eigenvalue weighted by Gasteiger charge is 2.34. The van der Waals surface area contributed by atoms with Crippen molar-refractivity contribution >= 4 is 5.91 Å². The minimum absolute atomic E-state index is 0.0794. The van der Waals surface area contributed by atoms with Crippen molar-refractivity contribution in [3.63, 3.8) is 0 Å². The van der Waals surface area contributed by atoms with Crippen molar-refractivity contribution in [2.24, 2.45) is 5.92 Å².